The number of benzene rings is 1. The Hall–Kier alpha value is -2.01. The fraction of sp³-hybridized carbons (Fsp3) is 0.474. The third-order valence-corrected chi connectivity index (χ3v) is 4.67. The first kappa shape index (κ1) is 17.8. The van der Waals surface area contributed by atoms with Crippen LogP contribution in [0.4, 0.5) is 17.5 Å². The smallest absolute Gasteiger partial charge is 0.224 e. The Kier molecular flexibility index (Phi) is 5.97. The van der Waals surface area contributed by atoms with Crippen LogP contribution < -0.4 is 15.1 Å². The second kappa shape index (κ2) is 8.39. The maximum atomic E-state index is 6.11. The van der Waals surface area contributed by atoms with Gasteiger partial charge in [-0.3, -0.25) is 0 Å². The lowest BCUT2D eigenvalue weighted by atomic mass is 10.2. The summed E-state index contributed by atoms with van der Waals surface area (Å²) in [5, 5.41) is 4.12. The number of aromatic nitrogens is 2. The van der Waals surface area contributed by atoms with E-state index in [0.29, 0.717) is 0 Å². The molecule has 2 aromatic rings. The second-order valence-electron chi connectivity index (χ2n) is 6.43. The maximum absolute atomic E-state index is 6.11. The molecular weight excluding hydrogens is 334 g/mol. The summed E-state index contributed by atoms with van der Waals surface area (Å²) in [6, 6.07) is 10.1. The molecule has 1 aromatic heterocycles. The third kappa shape index (κ3) is 4.75. The molecule has 25 heavy (non-hydrogen) atoms. The molecule has 0 aliphatic carbocycles. The van der Waals surface area contributed by atoms with E-state index in [4.69, 9.17) is 16.6 Å². The monoisotopic (exact) mass is 359 g/mol. The summed E-state index contributed by atoms with van der Waals surface area (Å²) in [4.78, 5) is 13.9. The van der Waals surface area contributed by atoms with E-state index in [9.17, 15) is 0 Å². The summed E-state index contributed by atoms with van der Waals surface area (Å²) in [5.74, 6) is 1.75. The van der Waals surface area contributed by atoms with Gasteiger partial charge < -0.3 is 15.1 Å². The minimum Gasteiger partial charge on any atom is -0.368 e. The van der Waals surface area contributed by atoms with Crippen LogP contribution in [0.2, 0.25) is 5.02 Å². The second-order valence-corrected chi connectivity index (χ2v) is 6.86. The first-order valence-electron chi connectivity index (χ1n) is 9.00. The highest BCUT2D eigenvalue weighted by molar-refractivity contribution is 6.30. The summed E-state index contributed by atoms with van der Waals surface area (Å²) < 4.78 is 0. The van der Waals surface area contributed by atoms with Crippen molar-refractivity contribution < 1.29 is 0 Å². The van der Waals surface area contributed by atoms with Crippen LogP contribution in [0, 0.1) is 6.92 Å². The lowest BCUT2D eigenvalue weighted by Gasteiger charge is -2.37. The highest BCUT2D eigenvalue weighted by Gasteiger charge is 2.19. The van der Waals surface area contributed by atoms with Crippen LogP contribution in [0.5, 0.6) is 0 Å². The van der Waals surface area contributed by atoms with Gasteiger partial charge in [0.05, 0.1) is 0 Å². The topological polar surface area (TPSA) is 44.3 Å². The van der Waals surface area contributed by atoms with Crippen LogP contribution >= 0.6 is 11.6 Å². The molecule has 2 heterocycles. The number of aryl methyl sites for hydroxylation is 1. The van der Waals surface area contributed by atoms with E-state index >= 15 is 0 Å². The average Bonchev–Trinajstić information content (AvgIpc) is 2.62. The molecule has 0 unspecified atom stereocenters. The molecule has 0 spiro atoms. The van der Waals surface area contributed by atoms with E-state index in [1.54, 1.807) is 0 Å². The molecule has 1 aliphatic rings. The standard InChI is InChI=1S/C19H26ClN5/c1-3-4-8-21-19-22-15(2)13-18(23-19)25-11-9-24(10-12-25)17-7-5-6-16(20)14-17/h5-7,13-14H,3-4,8-12H2,1-2H3,(H,21,22,23). The summed E-state index contributed by atoms with van der Waals surface area (Å²) in [7, 11) is 0. The average molecular weight is 360 g/mol. The first-order chi connectivity index (χ1) is 12.2. The molecule has 1 aliphatic heterocycles. The number of halogens is 1. The van der Waals surface area contributed by atoms with Crippen LogP contribution in [-0.2, 0) is 0 Å². The zero-order valence-electron chi connectivity index (χ0n) is 15.0. The lowest BCUT2D eigenvalue weighted by molar-refractivity contribution is 0.646. The highest BCUT2D eigenvalue weighted by atomic mass is 35.5. The fourth-order valence-electron chi connectivity index (χ4n) is 3.04. The summed E-state index contributed by atoms with van der Waals surface area (Å²) in [5.41, 5.74) is 2.19. The van der Waals surface area contributed by atoms with E-state index in [1.807, 2.05) is 25.1 Å². The molecule has 0 saturated carbocycles. The highest BCUT2D eigenvalue weighted by Crippen LogP contribution is 2.23. The Morgan fingerprint density at radius 2 is 1.84 bits per heavy atom. The fourth-order valence-corrected chi connectivity index (χ4v) is 3.22. The van der Waals surface area contributed by atoms with Gasteiger partial charge in [0.15, 0.2) is 0 Å². The van der Waals surface area contributed by atoms with Gasteiger partial charge in [-0.15, -0.1) is 0 Å². The van der Waals surface area contributed by atoms with Crippen molar-refractivity contribution in [1.82, 2.24) is 9.97 Å². The number of unbranched alkanes of at least 4 members (excludes halogenated alkanes) is 1. The number of nitrogens with zero attached hydrogens (tertiary/aromatic N) is 4. The Morgan fingerprint density at radius 3 is 2.56 bits per heavy atom. The zero-order chi connectivity index (χ0) is 17.6. The SMILES string of the molecule is CCCCNc1nc(C)cc(N2CCN(c3cccc(Cl)c3)CC2)n1. The number of hydrogen-bond donors (Lipinski definition) is 1. The van der Waals surface area contributed by atoms with Crippen LogP contribution in [-0.4, -0.2) is 42.7 Å². The summed E-state index contributed by atoms with van der Waals surface area (Å²) in [6.07, 6.45) is 2.29. The summed E-state index contributed by atoms with van der Waals surface area (Å²) in [6.45, 7) is 8.93. The van der Waals surface area contributed by atoms with Gasteiger partial charge in [-0.25, -0.2) is 4.98 Å². The molecule has 0 radical (unpaired) electrons. The number of anilines is 3. The quantitative estimate of drug-likeness (QED) is 0.790. The molecule has 0 amide bonds. The third-order valence-electron chi connectivity index (χ3n) is 4.43. The van der Waals surface area contributed by atoms with Gasteiger partial charge in [-0.05, 0) is 31.5 Å². The van der Waals surface area contributed by atoms with Gasteiger partial charge >= 0.3 is 0 Å². The Balaban J connectivity index is 1.64. The normalized spacial score (nSPS) is 14.7. The zero-order valence-corrected chi connectivity index (χ0v) is 15.8. The molecule has 6 heteroatoms. The van der Waals surface area contributed by atoms with Crippen LogP contribution in [0.1, 0.15) is 25.5 Å². The number of rotatable bonds is 6. The summed E-state index contributed by atoms with van der Waals surface area (Å²) >= 11 is 6.11. The molecule has 3 rings (SSSR count). The predicted octanol–water partition coefficient (Wildman–Crippen LogP) is 3.98. The molecule has 5 nitrogen and oxygen atoms in total. The van der Waals surface area contributed by atoms with Gasteiger partial charge in [-0.1, -0.05) is 31.0 Å². The first-order valence-corrected chi connectivity index (χ1v) is 9.38. The van der Waals surface area contributed by atoms with Crippen LogP contribution in [0.15, 0.2) is 30.3 Å². The van der Waals surface area contributed by atoms with Crippen molar-refractivity contribution in [3.63, 3.8) is 0 Å². The van der Waals surface area contributed by atoms with E-state index < -0.39 is 0 Å². The van der Waals surface area contributed by atoms with E-state index in [1.165, 1.54) is 5.69 Å². The van der Waals surface area contributed by atoms with E-state index in [2.05, 4.69) is 39.2 Å². The van der Waals surface area contributed by atoms with Gasteiger partial charge in [0, 0.05) is 55.2 Å². The molecule has 1 saturated heterocycles. The van der Waals surface area contributed by atoms with Crippen molar-refractivity contribution in [2.24, 2.45) is 0 Å². The Labute approximate surface area is 155 Å². The molecule has 0 bridgehead atoms. The molecule has 1 aromatic carbocycles. The van der Waals surface area contributed by atoms with Gasteiger partial charge in [0.25, 0.3) is 0 Å². The number of nitrogens with one attached hydrogen (secondary N) is 1. The Bertz CT molecular complexity index is 698. The van der Waals surface area contributed by atoms with E-state index in [-0.39, 0.29) is 0 Å². The van der Waals surface area contributed by atoms with Crippen molar-refractivity contribution in [3.05, 3.63) is 41.0 Å². The largest absolute Gasteiger partial charge is 0.368 e. The van der Waals surface area contributed by atoms with Crippen molar-refractivity contribution in [2.45, 2.75) is 26.7 Å². The maximum Gasteiger partial charge on any atom is 0.224 e. The van der Waals surface area contributed by atoms with E-state index in [0.717, 1.165) is 68.0 Å². The van der Waals surface area contributed by atoms with Crippen molar-refractivity contribution in [2.75, 3.05) is 47.8 Å². The van der Waals surface area contributed by atoms with Crippen molar-refractivity contribution >= 4 is 29.1 Å². The lowest BCUT2D eigenvalue weighted by Crippen LogP contribution is -2.46. The van der Waals surface area contributed by atoms with Gasteiger partial charge in [0.1, 0.15) is 5.82 Å². The molecule has 1 N–H and O–H groups in total. The van der Waals surface area contributed by atoms with Crippen LogP contribution in [0.3, 0.4) is 0 Å². The minimum absolute atomic E-state index is 0.737. The van der Waals surface area contributed by atoms with Crippen molar-refractivity contribution in [3.8, 4) is 0 Å². The van der Waals surface area contributed by atoms with Crippen molar-refractivity contribution in [1.29, 1.82) is 0 Å². The molecule has 1 fully saturated rings. The van der Waals surface area contributed by atoms with Crippen LogP contribution in [0.25, 0.3) is 0 Å². The Morgan fingerprint density at radius 1 is 1.08 bits per heavy atom. The number of hydrogen-bond acceptors (Lipinski definition) is 5. The van der Waals surface area contributed by atoms with Gasteiger partial charge in [0.2, 0.25) is 5.95 Å². The predicted molar refractivity (Wildman–Crippen MR) is 106 cm³/mol. The number of piperazine rings is 1. The molecule has 0 atom stereocenters. The van der Waals surface area contributed by atoms with Gasteiger partial charge in [-0.2, -0.15) is 4.98 Å². The molecule has 134 valence electrons. The molecular formula is C19H26ClN5. The minimum atomic E-state index is 0.737.